The second-order valence-electron chi connectivity index (χ2n) is 4.75. The van der Waals surface area contributed by atoms with Crippen molar-refractivity contribution in [2.24, 2.45) is 5.92 Å². The van der Waals surface area contributed by atoms with Crippen LogP contribution in [0.5, 0.6) is 0 Å². The lowest BCUT2D eigenvalue weighted by Gasteiger charge is -2.16. The Kier molecular flexibility index (Phi) is 4.36. The third-order valence-electron chi connectivity index (χ3n) is 2.97. The van der Waals surface area contributed by atoms with Crippen LogP contribution in [-0.4, -0.2) is 28.1 Å². The molecule has 19 heavy (non-hydrogen) atoms. The maximum Gasteiger partial charge on any atom is 0.315 e. The molecular weight excluding hydrogens is 266 g/mol. The minimum Gasteiger partial charge on any atom is -0.481 e. The summed E-state index contributed by atoms with van der Waals surface area (Å²) in [7, 11) is 0. The Bertz CT molecular complexity index is 471. The van der Waals surface area contributed by atoms with Crippen LogP contribution in [0.15, 0.2) is 5.38 Å². The van der Waals surface area contributed by atoms with E-state index in [0.717, 1.165) is 23.5 Å². The topological polar surface area (TPSA) is 91.3 Å². The maximum absolute atomic E-state index is 11.7. The first-order chi connectivity index (χ1) is 9.04. The SMILES string of the molecule is Cc1csc(CNC(=O)NC(CC(=O)O)C2CC2)n1. The lowest BCUT2D eigenvalue weighted by Crippen LogP contribution is -2.43. The number of urea groups is 1. The first kappa shape index (κ1) is 13.8. The molecule has 1 saturated carbocycles. The van der Waals surface area contributed by atoms with Gasteiger partial charge in [0, 0.05) is 17.1 Å². The number of carbonyl (C=O) groups excluding carboxylic acids is 1. The molecule has 0 bridgehead atoms. The van der Waals surface area contributed by atoms with Gasteiger partial charge in [0.05, 0.1) is 13.0 Å². The summed E-state index contributed by atoms with van der Waals surface area (Å²) in [4.78, 5) is 26.7. The van der Waals surface area contributed by atoms with Crippen molar-refractivity contribution in [1.29, 1.82) is 0 Å². The quantitative estimate of drug-likeness (QED) is 0.738. The highest BCUT2D eigenvalue weighted by atomic mass is 32.1. The number of nitrogens with zero attached hydrogens (tertiary/aromatic N) is 1. The van der Waals surface area contributed by atoms with Gasteiger partial charge in [0.2, 0.25) is 0 Å². The van der Waals surface area contributed by atoms with Crippen LogP contribution in [0.4, 0.5) is 4.79 Å². The third-order valence-corrected chi connectivity index (χ3v) is 3.94. The van der Waals surface area contributed by atoms with Crippen molar-refractivity contribution in [1.82, 2.24) is 15.6 Å². The predicted molar refractivity (Wildman–Crippen MR) is 71.0 cm³/mol. The van der Waals surface area contributed by atoms with Gasteiger partial charge in [-0.15, -0.1) is 11.3 Å². The standard InChI is InChI=1S/C12H17N3O3S/c1-7-6-19-10(14-7)5-13-12(18)15-9(4-11(16)17)8-2-3-8/h6,8-9H,2-5H2,1H3,(H,16,17)(H2,13,15,18). The lowest BCUT2D eigenvalue weighted by molar-refractivity contribution is -0.137. The number of hydrogen-bond donors (Lipinski definition) is 3. The summed E-state index contributed by atoms with van der Waals surface area (Å²) in [6, 6.07) is -0.596. The Hall–Kier alpha value is -1.63. The summed E-state index contributed by atoms with van der Waals surface area (Å²) in [5, 5.41) is 17.0. The first-order valence-corrected chi connectivity index (χ1v) is 7.09. The molecule has 0 radical (unpaired) electrons. The molecule has 2 rings (SSSR count). The van der Waals surface area contributed by atoms with E-state index < -0.39 is 5.97 Å². The van der Waals surface area contributed by atoms with Gasteiger partial charge in [-0.3, -0.25) is 4.79 Å². The van der Waals surface area contributed by atoms with Crippen LogP contribution in [0.3, 0.4) is 0 Å². The summed E-state index contributed by atoms with van der Waals surface area (Å²) < 4.78 is 0. The van der Waals surface area contributed by atoms with Gasteiger partial charge in [0.15, 0.2) is 0 Å². The number of rotatable bonds is 6. The summed E-state index contributed by atoms with van der Waals surface area (Å²) in [5.41, 5.74) is 0.934. The third kappa shape index (κ3) is 4.51. The molecule has 1 aromatic rings. The molecule has 0 spiro atoms. The van der Waals surface area contributed by atoms with Crippen molar-refractivity contribution in [3.05, 3.63) is 16.1 Å². The molecule has 104 valence electrons. The van der Waals surface area contributed by atoms with E-state index in [2.05, 4.69) is 15.6 Å². The lowest BCUT2D eigenvalue weighted by atomic mass is 10.1. The van der Waals surface area contributed by atoms with Crippen molar-refractivity contribution in [2.75, 3.05) is 0 Å². The largest absolute Gasteiger partial charge is 0.481 e. The zero-order valence-corrected chi connectivity index (χ0v) is 11.5. The number of aryl methyl sites for hydroxylation is 1. The van der Waals surface area contributed by atoms with Gasteiger partial charge in [-0.25, -0.2) is 9.78 Å². The molecule has 1 fully saturated rings. The summed E-state index contributed by atoms with van der Waals surface area (Å²) in [6.07, 6.45) is 1.96. The van der Waals surface area contributed by atoms with Gasteiger partial charge >= 0.3 is 12.0 Å². The number of nitrogens with one attached hydrogen (secondary N) is 2. The van der Waals surface area contributed by atoms with E-state index in [0.29, 0.717) is 12.5 Å². The van der Waals surface area contributed by atoms with Crippen LogP contribution >= 0.6 is 11.3 Å². The second kappa shape index (κ2) is 6.01. The van der Waals surface area contributed by atoms with Gasteiger partial charge in [0.1, 0.15) is 5.01 Å². The Labute approximate surface area is 115 Å². The van der Waals surface area contributed by atoms with E-state index in [1.165, 1.54) is 11.3 Å². The summed E-state index contributed by atoms with van der Waals surface area (Å²) in [5.74, 6) is -0.572. The molecular formula is C12H17N3O3S. The fourth-order valence-corrected chi connectivity index (χ4v) is 2.59. The Morgan fingerprint density at radius 2 is 2.32 bits per heavy atom. The van der Waals surface area contributed by atoms with Crippen molar-refractivity contribution in [3.63, 3.8) is 0 Å². The normalized spacial score (nSPS) is 15.8. The Morgan fingerprint density at radius 3 is 2.84 bits per heavy atom. The van der Waals surface area contributed by atoms with E-state index in [4.69, 9.17) is 5.11 Å². The van der Waals surface area contributed by atoms with Crippen molar-refractivity contribution in [3.8, 4) is 0 Å². The second-order valence-corrected chi connectivity index (χ2v) is 5.69. The molecule has 7 heteroatoms. The van der Waals surface area contributed by atoms with Crippen molar-refractivity contribution >= 4 is 23.3 Å². The molecule has 0 aliphatic heterocycles. The molecule has 1 heterocycles. The highest BCUT2D eigenvalue weighted by Gasteiger charge is 2.33. The van der Waals surface area contributed by atoms with E-state index in [1.807, 2.05) is 12.3 Å². The molecule has 2 amide bonds. The monoisotopic (exact) mass is 283 g/mol. The van der Waals surface area contributed by atoms with Gasteiger partial charge in [-0.05, 0) is 25.7 Å². The fraction of sp³-hybridized carbons (Fsp3) is 0.583. The van der Waals surface area contributed by atoms with E-state index >= 15 is 0 Å². The van der Waals surface area contributed by atoms with Gasteiger partial charge in [-0.1, -0.05) is 0 Å². The van der Waals surface area contributed by atoms with Crippen LogP contribution in [0, 0.1) is 12.8 Å². The smallest absolute Gasteiger partial charge is 0.315 e. The maximum atomic E-state index is 11.7. The fourth-order valence-electron chi connectivity index (χ4n) is 1.88. The van der Waals surface area contributed by atoms with Crippen LogP contribution in [0.1, 0.15) is 30.0 Å². The predicted octanol–water partition coefficient (Wildman–Crippen LogP) is 1.50. The molecule has 6 nitrogen and oxygen atoms in total. The molecule has 3 N–H and O–H groups in total. The molecule has 1 aromatic heterocycles. The average Bonchev–Trinajstić information content (AvgIpc) is 3.09. The van der Waals surface area contributed by atoms with Crippen LogP contribution in [0.25, 0.3) is 0 Å². The molecule has 1 aliphatic carbocycles. The highest BCUT2D eigenvalue weighted by Crippen LogP contribution is 2.33. The summed E-state index contributed by atoms with van der Waals surface area (Å²) in [6.45, 7) is 2.27. The van der Waals surface area contributed by atoms with E-state index in [-0.39, 0.29) is 18.5 Å². The number of aromatic nitrogens is 1. The van der Waals surface area contributed by atoms with Crippen LogP contribution in [-0.2, 0) is 11.3 Å². The molecule has 1 atom stereocenters. The van der Waals surface area contributed by atoms with E-state index in [1.54, 1.807) is 0 Å². The van der Waals surface area contributed by atoms with Crippen molar-refractivity contribution < 1.29 is 14.7 Å². The van der Waals surface area contributed by atoms with Crippen LogP contribution < -0.4 is 10.6 Å². The average molecular weight is 283 g/mol. The number of aliphatic carboxylic acids is 1. The zero-order chi connectivity index (χ0) is 13.8. The highest BCUT2D eigenvalue weighted by molar-refractivity contribution is 7.09. The Balaban J connectivity index is 1.77. The summed E-state index contributed by atoms with van der Waals surface area (Å²) >= 11 is 1.49. The van der Waals surface area contributed by atoms with Crippen LogP contribution in [0.2, 0.25) is 0 Å². The molecule has 0 saturated heterocycles. The first-order valence-electron chi connectivity index (χ1n) is 6.21. The number of thiazole rings is 1. The molecule has 0 aromatic carbocycles. The van der Waals surface area contributed by atoms with Crippen molar-refractivity contribution in [2.45, 2.75) is 38.8 Å². The zero-order valence-electron chi connectivity index (χ0n) is 10.7. The molecule has 1 aliphatic rings. The minimum absolute atomic E-state index is 0.0194. The number of hydrogen-bond acceptors (Lipinski definition) is 4. The number of carboxylic acids is 1. The van der Waals surface area contributed by atoms with Gasteiger partial charge < -0.3 is 15.7 Å². The Morgan fingerprint density at radius 1 is 1.58 bits per heavy atom. The number of carboxylic acid groups (broad SMARTS) is 1. The van der Waals surface area contributed by atoms with Gasteiger partial charge in [-0.2, -0.15) is 0 Å². The minimum atomic E-state index is -0.882. The number of amides is 2. The van der Waals surface area contributed by atoms with Gasteiger partial charge in [0.25, 0.3) is 0 Å². The number of carbonyl (C=O) groups is 2. The molecule has 1 unspecified atom stereocenters. The van der Waals surface area contributed by atoms with E-state index in [9.17, 15) is 9.59 Å².